The molecule has 0 saturated heterocycles. The maximum absolute atomic E-state index is 13.5. The van der Waals surface area contributed by atoms with Gasteiger partial charge in [0.1, 0.15) is 24.2 Å². The number of benzene rings is 3. The zero-order valence-electron chi connectivity index (χ0n) is 18.9. The van der Waals surface area contributed by atoms with E-state index in [4.69, 9.17) is 18.9 Å². The number of rotatable bonds is 6. The molecule has 0 saturated carbocycles. The molecule has 2 aliphatic rings. The molecule has 2 atom stereocenters. The van der Waals surface area contributed by atoms with Crippen molar-refractivity contribution >= 4 is 21.6 Å². The molecule has 9 nitrogen and oxygen atoms in total. The fraction of sp³-hybridized carbons (Fsp3) is 0.240. The molecule has 35 heavy (non-hydrogen) atoms. The Bertz CT molecular complexity index is 1330. The van der Waals surface area contributed by atoms with Crippen molar-refractivity contribution in [2.24, 2.45) is 0 Å². The third-order valence-electron chi connectivity index (χ3n) is 5.75. The summed E-state index contributed by atoms with van der Waals surface area (Å²) in [5, 5.41) is 2.80. The molecule has 3 aromatic carbocycles. The van der Waals surface area contributed by atoms with Crippen molar-refractivity contribution in [3.8, 4) is 23.0 Å². The number of hydrogen-bond acceptors (Lipinski definition) is 7. The Morgan fingerprint density at radius 3 is 2.40 bits per heavy atom. The van der Waals surface area contributed by atoms with Crippen molar-refractivity contribution in [1.29, 1.82) is 0 Å². The van der Waals surface area contributed by atoms with Crippen LogP contribution in [0.5, 0.6) is 23.0 Å². The van der Waals surface area contributed by atoms with Crippen molar-refractivity contribution in [3.05, 3.63) is 72.8 Å². The number of sulfonamides is 1. The molecule has 1 amide bonds. The van der Waals surface area contributed by atoms with Gasteiger partial charge in [-0.1, -0.05) is 24.3 Å². The van der Waals surface area contributed by atoms with E-state index in [0.29, 0.717) is 28.7 Å². The van der Waals surface area contributed by atoms with Crippen molar-refractivity contribution < 1.29 is 32.2 Å². The monoisotopic (exact) mass is 496 g/mol. The van der Waals surface area contributed by atoms with E-state index in [1.165, 1.54) is 23.5 Å². The van der Waals surface area contributed by atoms with Crippen LogP contribution in [0.2, 0.25) is 0 Å². The highest BCUT2D eigenvalue weighted by atomic mass is 32.2. The first kappa shape index (κ1) is 22.9. The number of hydrogen-bond donors (Lipinski definition) is 1. The fourth-order valence-corrected chi connectivity index (χ4v) is 5.41. The molecule has 0 aromatic heterocycles. The molecule has 0 radical (unpaired) electrons. The summed E-state index contributed by atoms with van der Waals surface area (Å²) in [4.78, 5) is 13.1. The number of methoxy groups -OCH3 is 1. The van der Waals surface area contributed by atoms with Gasteiger partial charge in [-0.3, -0.25) is 9.10 Å². The molecule has 10 heteroatoms. The predicted molar refractivity (Wildman–Crippen MR) is 128 cm³/mol. The summed E-state index contributed by atoms with van der Waals surface area (Å²) >= 11 is 0. The lowest BCUT2D eigenvalue weighted by Crippen LogP contribution is -2.52. The predicted octanol–water partition coefficient (Wildman–Crippen LogP) is 2.61. The van der Waals surface area contributed by atoms with Gasteiger partial charge in [0.05, 0.1) is 30.8 Å². The van der Waals surface area contributed by atoms with Gasteiger partial charge >= 0.3 is 0 Å². The molecule has 3 aromatic rings. The van der Waals surface area contributed by atoms with E-state index in [-0.39, 0.29) is 30.7 Å². The fourth-order valence-electron chi connectivity index (χ4n) is 3.93. The highest BCUT2D eigenvalue weighted by Gasteiger charge is 2.37. The molecular formula is C25H24N2O7S. The first-order valence-electron chi connectivity index (χ1n) is 11.0. The normalized spacial score (nSPS) is 18.7. The van der Waals surface area contributed by atoms with E-state index < -0.39 is 22.0 Å². The van der Waals surface area contributed by atoms with Crippen LogP contribution in [0.1, 0.15) is 0 Å². The van der Waals surface area contributed by atoms with E-state index >= 15 is 0 Å². The van der Waals surface area contributed by atoms with Gasteiger partial charge in [0.15, 0.2) is 17.6 Å². The molecular weight excluding hydrogens is 472 g/mol. The van der Waals surface area contributed by atoms with Gasteiger partial charge in [0.2, 0.25) is 0 Å². The molecule has 5 rings (SSSR count). The summed E-state index contributed by atoms with van der Waals surface area (Å²) in [5.74, 6) is 1.67. The maximum atomic E-state index is 13.5. The van der Waals surface area contributed by atoms with Crippen LogP contribution in [0, 0.1) is 0 Å². The Kier molecular flexibility index (Phi) is 6.12. The van der Waals surface area contributed by atoms with E-state index in [0.717, 1.165) is 0 Å². The average molecular weight is 497 g/mol. The Labute approximate surface area is 203 Å². The van der Waals surface area contributed by atoms with Crippen LogP contribution in [-0.2, 0) is 14.8 Å². The summed E-state index contributed by atoms with van der Waals surface area (Å²) in [6.45, 7) is 0.283. The Hall–Kier alpha value is -3.92. The van der Waals surface area contributed by atoms with Crippen LogP contribution in [0.15, 0.2) is 77.7 Å². The second kappa shape index (κ2) is 9.38. The summed E-state index contributed by atoms with van der Waals surface area (Å²) in [6.07, 6.45) is -1.43. The first-order valence-corrected chi connectivity index (χ1v) is 12.5. The van der Waals surface area contributed by atoms with Gasteiger partial charge in [-0.2, -0.15) is 0 Å². The molecule has 0 unspecified atom stereocenters. The molecule has 0 spiro atoms. The minimum absolute atomic E-state index is 0.0839. The number of amides is 1. The van der Waals surface area contributed by atoms with Crippen molar-refractivity contribution in [2.45, 2.75) is 17.1 Å². The lowest BCUT2D eigenvalue weighted by molar-refractivity contribution is -0.128. The number of nitrogens with zero attached hydrogens (tertiary/aromatic N) is 1. The smallest absolute Gasteiger partial charge is 0.264 e. The van der Waals surface area contributed by atoms with E-state index in [1.54, 1.807) is 42.5 Å². The number of ether oxygens (including phenoxy) is 4. The molecule has 1 N–H and O–H groups in total. The summed E-state index contributed by atoms with van der Waals surface area (Å²) in [5.41, 5.74) is 0.369. The number of nitrogens with one attached hydrogen (secondary N) is 1. The Morgan fingerprint density at radius 1 is 0.971 bits per heavy atom. The first-order chi connectivity index (χ1) is 17.0. The topological polar surface area (TPSA) is 103 Å². The number of carbonyl (C=O) groups is 1. The number of para-hydroxylation sites is 4. The molecule has 0 aliphatic carbocycles. The van der Waals surface area contributed by atoms with E-state index in [2.05, 4.69) is 5.32 Å². The zero-order valence-corrected chi connectivity index (χ0v) is 19.7. The average Bonchev–Trinajstić information content (AvgIpc) is 2.91. The van der Waals surface area contributed by atoms with Crippen LogP contribution >= 0.6 is 0 Å². The summed E-state index contributed by atoms with van der Waals surface area (Å²) in [7, 11) is -2.45. The van der Waals surface area contributed by atoms with Crippen LogP contribution < -0.4 is 28.6 Å². The Balaban J connectivity index is 1.32. The quantitative estimate of drug-likeness (QED) is 0.560. The minimum Gasteiger partial charge on any atom is -0.497 e. The van der Waals surface area contributed by atoms with Crippen molar-refractivity contribution in [3.63, 3.8) is 0 Å². The highest BCUT2D eigenvalue weighted by Crippen LogP contribution is 2.37. The molecule has 182 valence electrons. The second-order valence-electron chi connectivity index (χ2n) is 8.03. The van der Waals surface area contributed by atoms with Gasteiger partial charge in [-0.25, -0.2) is 8.42 Å². The molecule has 0 bridgehead atoms. The third-order valence-corrected chi connectivity index (χ3v) is 7.54. The van der Waals surface area contributed by atoms with Gasteiger partial charge in [-0.15, -0.1) is 0 Å². The third kappa shape index (κ3) is 4.57. The molecule has 2 heterocycles. The Morgan fingerprint density at radius 2 is 1.66 bits per heavy atom. The van der Waals surface area contributed by atoms with Crippen LogP contribution in [0.25, 0.3) is 0 Å². The van der Waals surface area contributed by atoms with E-state index in [1.807, 2.05) is 18.2 Å². The van der Waals surface area contributed by atoms with Gasteiger partial charge in [0, 0.05) is 0 Å². The van der Waals surface area contributed by atoms with Crippen molar-refractivity contribution in [2.75, 3.05) is 31.1 Å². The van der Waals surface area contributed by atoms with Crippen LogP contribution in [0.3, 0.4) is 0 Å². The maximum Gasteiger partial charge on any atom is 0.264 e. The van der Waals surface area contributed by atoms with E-state index in [9.17, 15) is 13.2 Å². The standard InChI is InChI=1S/C25H24N2O7S/c1-31-17-10-12-19(13-11-17)35(29,30)27-15-24(34-21-7-3-2-6-20(21)27)25(28)26-14-18-16-32-22-8-4-5-9-23(22)33-18/h2-13,18,24H,14-16H2,1H3,(H,26,28)/t18-,24+/m0/s1. The highest BCUT2D eigenvalue weighted by molar-refractivity contribution is 7.92. The minimum atomic E-state index is -3.96. The SMILES string of the molecule is COc1ccc(S(=O)(=O)N2C[C@H](C(=O)NC[C@H]3COc4ccccc4O3)Oc3ccccc32)cc1. The number of anilines is 1. The van der Waals surface area contributed by atoms with Gasteiger partial charge in [-0.05, 0) is 48.5 Å². The largest absolute Gasteiger partial charge is 0.497 e. The summed E-state index contributed by atoms with van der Waals surface area (Å²) < 4.78 is 50.8. The molecule has 0 fully saturated rings. The van der Waals surface area contributed by atoms with Crippen molar-refractivity contribution in [1.82, 2.24) is 5.32 Å². The lowest BCUT2D eigenvalue weighted by atomic mass is 10.2. The second-order valence-corrected chi connectivity index (χ2v) is 9.89. The molecule has 2 aliphatic heterocycles. The van der Waals surface area contributed by atoms with Crippen LogP contribution in [0.4, 0.5) is 5.69 Å². The van der Waals surface area contributed by atoms with Gasteiger partial charge in [0.25, 0.3) is 15.9 Å². The van der Waals surface area contributed by atoms with Gasteiger partial charge < -0.3 is 24.3 Å². The number of carbonyl (C=O) groups excluding carboxylic acids is 1. The number of fused-ring (bicyclic) bond motifs is 2. The lowest BCUT2D eigenvalue weighted by Gasteiger charge is -2.35. The zero-order chi connectivity index (χ0) is 24.4. The van der Waals surface area contributed by atoms with Crippen LogP contribution in [-0.4, -0.2) is 53.3 Å². The summed E-state index contributed by atoms with van der Waals surface area (Å²) in [6, 6.07) is 20.1.